The maximum atomic E-state index is 7.14. The third-order valence-corrected chi connectivity index (χ3v) is 19.0. The van der Waals surface area contributed by atoms with E-state index < -0.39 is 22.0 Å². The molecule has 2 aromatic rings. The highest BCUT2D eigenvalue weighted by Crippen LogP contribution is 2.67. The van der Waals surface area contributed by atoms with Crippen molar-refractivity contribution in [2.24, 2.45) is 0 Å². The van der Waals surface area contributed by atoms with Gasteiger partial charge < -0.3 is 4.74 Å². The predicted octanol–water partition coefficient (Wildman–Crippen LogP) is 11.5. The van der Waals surface area contributed by atoms with Gasteiger partial charge in [0.15, 0.2) is 13.3 Å². The number of hydrogen-bond donors (Lipinski definition) is 0. The van der Waals surface area contributed by atoms with Crippen LogP contribution < -0.4 is 0 Å². The van der Waals surface area contributed by atoms with Crippen LogP contribution in [0.1, 0.15) is 25.0 Å². The summed E-state index contributed by atoms with van der Waals surface area (Å²) in [6.07, 6.45) is 0. The van der Waals surface area contributed by atoms with Gasteiger partial charge in [0.25, 0.3) is 0 Å². The Kier molecular flexibility index (Phi) is 10.7. The molecule has 2 aromatic carbocycles. The molecule has 0 radical (unpaired) electrons. The summed E-state index contributed by atoms with van der Waals surface area (Å²) in [5.74, 6) is 0. The molecule has 0 fully saturated rings. The largest absolute Gasteiger partial charge is 0.334 e. The summed E-state index contributed by atoms with van der Waals surface area (Å²) in [7, 11) is 0. The molecule has 0 bridgehead atoms. The second-order valence-electron chi connectivity index (χ2n) is 7.03. The van der Waals surface area contributed by atoms with E-state index in [1.165, 1.54) is 0 Å². The number of alkyl halides is 10. The summed E-state index contributed by atoms with van der Waals surface area (Å²) in [5, 5.41) is 0. The first-order valence-corrected chi connectivity index (χ1v) is 16.5. The van der Waals surface area contributed by atoms with Crippen molar-refractivity contribution in [3.05, 3.63) is 71.8 Å². The van der Waals surface area contributed by atoms with E-state index in [2.05, 4.69) is 159 Å². The van der Waals surface area contributed by atoms with Crippen LogP contribution in [0.3, 0.4) is 0 Å². The van der Waals surface area contributed by atoms with Gasteiger partial charge in [-0.15, -0.1) is 0 Å². The molecule has 172 valence electrons. The van der Waals surface area contributed by atoms with E-state index in [9.17, 15) is 0 Å². The Morgan fingerprint density at radius 3 is 0.968 bits per heavy atom. The van der Waals surface area contributed by atoms with Crippen molar-refractivity contribution in [2.75, 3.05) is 0 Å². The molecule has 0 N–H and O–H groups in total. The zero-order valence-corrected chi connectivity index (χ0v) is 31.8. The summed E-state index contributed by atoms with van der Waals surface area (Å²) in [6, 6.07) is 19.9. The Hall–Kier alpha value is 3.20. The van der Waals surface area contributed by atoms with Crippen LogP contribution in [-0.2, 0) is 13.8 Å². The van der Waals surface area contributed by atoms with Gasteiger partial charge in [0.2, 0.25) is 0 Å². The smallest absolute Gasteiger partial charge is 0.168 e. The third-order valence-electron chi connectivity index (χ3n) is 4.84. The molecule has 0 aliphatic carbocycles. The minimum absolute atomic E-state index is 0.735. The lowest BCUT2D eigenvalue weighted by Gasteiger charge is -2.53. The fourth-order valence-electron chi connectivity index (χ4n) is 2.72. The van der Waals surface area contributed by atoms with Crippen molar-refractivity contribution in [3.63, 3.8) is 0 Å². The van der Waals surface area contributed by atoms with Crippen LogP contribution in [0, 0.1) is 0 Å². The normalized spacial score (nSPS) is 20.8. The van der Waals surface area contributed by atoms with E-state index in [4.69, 9.17) is 4.74 Å². The molecule has 0 aromatic heterocycles. The lowest BCUT2D eigenvalue weighted by atomic mass is 9.94. The standard InChI is InChI=1S/C20H16Br10O/c1-15(21,19(25,26)27)17(23,13-9-5-3-6-10-13)31-18(24,14-11-7-4-8-12-14)16(2,22)20(28,29)30/h3-12H,1-2H3. The van der Waals surface area contributed by atoms with Gasteiger partial charge in [-0.05, 0) is 56.8 Å². The van der Waals surface area contributed by atoms with Gasteiger partial charge in [-0.2, -0.15) is 0 Å². The molecule has 0 spiro atoms. The summed E-state index contributed by atoms with van der Waals surface area (Å²) >= 11 is 38.1. The second-order valence-corrected chi connectivity index (χ2v) is 26.0. The highest BCUT2D eigenvalue weighted by atomic mass is 80.0. The second kappa shape index (κ2) is 10.9. The molecule has 0 saturated heterocycles. The van der Waals surface area contributed by atoms with Gasteiger partial charge in [0.1, 0.15) is 8.65 Å². The Balaban J connectivity index is 2.85. The molecule has 0 amide bonds. The zero-order valence-electron chi connectivity index (χ0n) is 16.0. The van der Waals surface area contributed by atoms with E-state index in [1.807, 2.05) is 74.5 Å². The highest BCUT2D eigenvalue weighted by Gasteiger charge is 2.65. The Labute approximate surface area is 267 Å². The minimum atomic E-state index is -1.07. The van der Waals surface area contributed by atoms with Crippen LogP contribution in [0.4, 0.5) is 0 Å². The van der Waals surface area contributed by atoms with Crippen LogP contribution in [0.2, 0.25) is 0 Å². The van der Waals surface area contributed by atoms with Crippen LogP contribution in [0.15, 0.2) is 60.7 Å². The molecular formula is C20H16Br10O. The predicted molar refractivity (Wildman–Crippen MR) is 169 cm³/mol. The van der Waals surface area contributed by atoms with Gasteiger partial charge in [-0.1, -0.05) is 188 Å². The lowest BCUT2D eigenvalue weighted by Crippen LogP contribution is -2.58. The quantitative estimate of drug-likeness (QED) is 0.262. The van der Waals surface area contributed by atoms with Crippen molar-refractivity contribution in [1.82, 2.24) is 0 Å². The van der Waals surface area contributed by atoms with Gasteiger partial charge in [-0.3, -0.25) is 0 Å². The molecule has 0 aliphatic rings. The van der Waals surface area contributed by atoms with E-state index in [0.29, 0.717) is 0 Å². The molecule has 2 rings (SSSR count). The van der Waals surface area contributed by atoms with Crippen molar-refractivity contribution in [1.29, 1.82) is 0 Å². The number of rotatable bonds is 6. The van der Waals surface area contributed by atoms with E-state index in [0.717, 1.165) is 11.1 Å². The van der Waals surface area contributed by atoms with E-state index in [1.54, 1.807) is 0 Å². The number of halogens is 10. The summed E-state index contributed by atoms with van der Waals surface area (Å²) < 4.78 is 2.01. The Morgan fingerprint density at radius 1 is 0.484 bits per heavy atom. The summed E-state index contributed by atoms with van der Waals surface area (Å²) in [6.45, 7) is 4.03. The average molecular weight is 1070 g/mol. The molecule has 4 atom stereocenters. The average Bonchev–Trinajstić information content (AvgIpc) is 2.67. The first-order chi connectivity index (χ1) is 13.9. The van der Waals surface area contributed by atoms with Crippen molar-refractivity contribution in [2.45, 2.75) is 35.8 Å². The van der Waals surface area contributed by atoms with E-state index >= 15 is 0 Å². The number of benzene rings is 2. The lowest BCUT2D eigenvalue weighted by molar-refractivity contribution is -0.0825. The molecule has 1 nitrogen and oxygen atoms in total. The van der Waals surface area contributed by atoms with Crippen molar-refractivity contribution >= 4 is 159 Å². The van der Waals surface area contributed by atoms with Crippen LogP contribution >= 0.6 is 159 Å². The molecule has 11 heteroatoms. The fourth-order valence-corrected chi connectivity index (χ4v) is 8.43. The van der Waals surface area contributed by atoms with Gasteiger partial charge in [-0.25, -0.2) is 0 Å². The Morgan fingerprint density at radius 2 is 0.742 bits per heavy atom. The topological polar surface area (TPSA) is 9.23 Å². The van der Waals surface area contributed by atoms with Crippen LogP contribution in [0.5, 0.6) is 0 Å². The highest BCUT2D eigenvalue weighted by molar-refractivity contribution is 9.40. The summed E-state index contributed by atoms with van der Waals surface area (Å²) in [5.41, 5.74) is 1.81. The van der Waals surface area contributed by atoms with Crippen LogP contribution in [-0.4, -0.2) is 12.9 Å². The molecule has 4 unspecified atom stereocenters. The van der Waals surface area contributed by atoms with Gasteiger partial charge in [0, 0.05) is 0 Å². The molecular weight excluding hydrogens is 1060 g/mol. The maximum Gasteiger partial charge on any atom is 0.168 e. The number of hydrogen-bond acceptors (Lipinski definition) is 1. The fraction of sp³-hybridized carbons (Fsp3) is 0.400. The monoisotopic (exact) mass is 1060 g/mol. The molecule has 0 saturated carbocycles. The molecule has 0 aliphatic heterocycles. The maximum absolute atomic E-state index is 7.14. The van der Waals surface area contributed by atoms with Gasteiger partial charge >= 0.3 is 0 Å². The van der Waals surface area contributed by atoms with Crippen molar-refractivity contribution < 1.29 is 4.74 Å². The minimum Gasteiger partial charge on any atom is -0.334 e. The zero-order chi connectivity index (χ0) is 23.9. The Bertz CT molecular complexity index is 803. The third kappa shape index (κ3) is 6.03. The van der Waals surface area contributed by atoms with Gasteiger partial charge in [0.05, 0.1) is 0 Å². The molecule has 31 heavy (non-hydrogen) atoms. The SMILES string of the molecule is CC(Br)(C(Br)(Br)Br)C(Br)(OC(Br)(c1ccccc1)C(C)(Br)C(Br)(Br)Br)c1ccccc1. The first kappa shape index (κ1) is 30.4. The summed E-state index contributed by atoms with van der Waals surface area (Å²) in [4.78, 5) is 0. The first-order valence-electron chi connectivity index (χ1n) is 8.62. The molecule has 0 heterocycles. The van der Waals surface area contributed by atoms with Crippen molar-refractivity contribution in [3.8, 4) is 0 Å². The van der Waals surface area contributed by atoms with Crippen LogP contribution in [0.25, 0.3) is 0 Å². The number of ether oxygens (including phenoxy) is 1. The van der Waals surface area contributed by atoms with E-state index in [-0.39, 0.29) is 0 Å².